The Bertz CT molecular complexity index is 1610. The highest BCUT2D eigenvalue weighted by molar-refractivity contribution is 6.37. The molecule has 2 aromatic heterocycles. The zero-order valence-corrected chi connectivity index (χ0v) is 25.7. The molecule has 1 N–H and O–H groups in total. The average molecular weight is 608 g/mol. The molecule has 0 saturated carbocycles. The number of anilines is 3. The van der Waals surface area contributed by atoms with Crippen LogP contribution in [0.15, 0.2) is 53.5 Å². The van der Waals surface area contributed by atoms with Crippen LogP contribution in [-0.2, 0) is 0 Å². The van der Waals surface area contributed by atoms with Gasteiger partial charge in [-0.05, 0) is 76.7 Å². The van der Waals surface area contributed by atoms with Crippen molar-refractivity contribution in [2.24, 2.45) is 0 Å². The fourth-order valence-electron chi connectivity index (χ4n) is 5.87. The molecule has 0 bridgehead atoms. The van der Waals surface area contributed by atoms with Crippen LogP contribution in [0.3, 0.4) is 0 Å². The number of likely N-dealkylation sites (N-methyl/N-ethyl adjacent to an activating group) is 1. The highest BCUT2D eigenvalue weighted by atomic mass is 35.5. The first-order chi connectivity index (χ1) is 20.3. The number of para-hydroxylation sites is 1. The Balaban J connectivity index is 1.38. The highest BCUT2D eigenvalue weighted by Gasteiger charge is 2.28. The molecule has 2 aliphatic heterocycles. The Morgan fingerprint density at radius 2 is 1.69 bits per heavy atom. The van der Waals surface area contributed by atoms with Crippen LogP contribution in [-0.4, -0.2) is 81.9 Å². The molecule has 42 heavy (non-hydrogen) atoms. The first kappa shape index (κ1) is 28.9. The van der Waals surface area contributed by atoms with Crippen LogP contribution in [0.25, 0.3) is 16.6 Å². The number of nitrogens with one attached hydrogen (secondary N) is 1. The maximum absolute atomic E-state index is 13.8. The number of rotatable bonds is 6. The summed E-state index contributed by atoms with van der Waals surface area (Å²) in [5.74, 6) is 0.504. The highest BCUT2D eigenvalue weighted by Crippen LogP contribution is 2.33. The third kappa shape index (κ3) is 5.83. The molecular formula is C31H36Cl2N8O. The van der Waals surface area contributed by atoms with Crippen LogP contribution in [0.1, 0.15) is 38.3 Å². The van der Waals surface area contributed by atoms with Gasteiger partial charge in [0.15, 0.2) is 0 Å². The van der Waals surface area contributed by atoms with E-state index < -0.39 is 0 Å². The van der Waals surface area contributed by atoms with Gasteiger partial charge in [-0.25, -0.2) is 9.97 Å². The van der Waals surface area contributed by atoms with Crippen molar-refractivity contribution in [2.75, 3.05) is 56.5 Å². The number of nitrogens with zero attached hydrogens (tertiary/aromatic N) is 7. The van der Waals surface area contributed by atoms with Crippen molar-refractivity contribution in [3.63, 3.8) is 0 Å². The zero-order chi connectivity index (χ0) is 29.4. The fourth-order valence-corrected chi connectivity index (χ4v) is 6.43. The van der Waals surface area contributed by atoms with Gasteiger partial charge in [-0.15, -0.1) is 0 Å². The van der Waals surface area contributed by atoms with Gasteiger partial charge in [-0.2, -0.15) is 9.78 Å². The molecule has 2 aromatic carbocycles. The Morgan fingerprint density at radius 1 is 0.976 bits per heavy atom. The summed E-state index contributed by atoms with van der Waals surface area (Å²) in [5, 5.41) is 9.34. The SMILES string of the molecule is CC(C)N1CCCC(c2nn(-c3c(Cl)cccc3Cl)c(=O)c3cnc(Nc4ccc(N5CCN(C)CC5)cc4)nc23)C1. The van der Waals surface area contributed by atoms with Gasteiger partial charge < -0.3 is 20.0 Å². The van der Waals surface area contributed by atoms with Crippen molar-refractivity contribution in [3.05, 3.63) is 74.8 Å². The Labute approximate surface area is 256 Å². The van der Waals surface area contributed by atoms with E-state index in [1.807, 2.05) is 12.1 Å². The van der Waals surface area contributed by atoms with Crippen LogP contribution < -0.4 is 15.8 Å². The van der Waals surface area contributed by atoms with Gasteiger partial charge in [0.25, 0.3) is 5.56 Å². The third-order valence-corrected chi connectivity index (χ3v) is 8.98. The second-order valence-electron chi connectivity index (χ2n) is 11.5. The first-order valence-electron chi connectivity index (χ1n) is 14.6. The molecule has 0 amide bonds. The van der Waals surface area contributed by atoms with Gasteiger partial charge in [0.2, 0.25) is 5.95 Å². The molecule has 220 valence electrons. The van der Waals surface area contributed by atoms with Crippen molar-refractivity contribution in [1.82, 2.24) is 29.5 Å². The summed E-state index contributed by atoms with van der Waals surface area (Å²) in [6.07, 6.45) is 3.56. The normalized spacial score (nSPS) is 18.6. The van der Waals surface area contributed by atoms with E-state index in [1.165, 1.54) is 10.4 Å². The minimum atomic E-state index is -0.358. The van der Waals surface area contributed by atoms with Crippen LogP contribution in [0, 0.1) is 0 Å². The van der Waals surface area contributed by atoms with E-state index in [9.17, 15) is 4.79 Å². The van der Waals surface area contributed by atoms with E-state index in [-0.39, 0.29) is 11.5 Å². The largest absolute Gasteiger partial charge is 0.369 e. The molecule has 4 aromatic rings. The van der Waals surface area contributed by atoms with Gasteiger partial charge in [0.05, 0.1) is 21.1 Å². The van der Waals surface area contributed by atoms with E-state index in [4.69, 9.17) is 33.3 Å². The molecule has 2 aliphatic rings. The quantitative estimate of drug-likeness (QED) is 0.305. The number of hydrogen-bond acceptors (Lipinski definition) is 8. The molecule has 6 rings (SSSR count). The molecule has 4 heterocycles. The number of piperidine rings is 1. The monoisotopic (exact) mass is 606 g/mol. The van der Waals surface area contributed by atoms with Gasteiger partial charge in [-0.1, -0.05) is 29.3 Å². The van der Waals surface area contributed by atoms with Crippen LogP contribution in [0.2, 0.25) is 10.0 Å². The number of fused-ring (bicyclic) bond motifs is 1. The summed E-state index contributed by atoms with van der Waals surface area (Å²) in [6, 6.07) is 13.9. The predicted molar refractivity (Wildman–Crippen MR) is 171 cm³/mol. The number of halogens is 2. The lowest BCUT2D eigenvalue weighted by atomic mass is 9.92. The maximum atomic E-state index is 13.8. The van der Waals surface area contributed by atoms with Gasteiger partial charge in [0.1, 0.15) is 11.2 Å². The molecule has 2 saturated heterocycles. The first-order valence-corrected chi connectivity index (χ1v) is 15.3. The van der Waals surface area contributed by atoms with Crippen molar-refractivity contribution < 1.29 is 0 Å². The number of piperazine rings is 1. The summed E-state index contributed by atoms with van der Waals surface area (Å²) < 4.78 is 1.32. The predicted octanol–water partition coefficient (Wildman–Crippen LogP) is 5.57. The standard InChI is InChI=1S/C31H36Cl2N8O/c1-20(2)40-13-5-6-21(19-40)27-28-24(30(42)41(37-27)29-25(32)7-4-8-26(29)33)18-34-31(36-28)35-22-9-11-23(12-10-22)39-16-14-38(3)15-17-39/h4,7-12,18,20-21H,5-6,13-17,19H2,1-3H3,(H,34,35,36). The smallest absolute Gasteiger partial charge is 0.282 e. The van der Waals surface area contributed by atoms with Crippen molar-refractivity contribution in [2.45, 2.75) is 38.6 Å². The van der Waals surface area contributed by atoms with Gasteiger partial charge in [0, 0.05) is 62.3 Å². The summed E-state index contributed by atoms with van der Waals surface area (Å²) in [5.41, 5.74) is 3.40. The van der Waals surface area contributed by atoms with E-state index >= 15 is 0 Å². The summed E-state index contributed by atoms with van der Waals surface area (Å²) in [4.78, 5) is 30.4. The number of likely N-dealkylation sites (tertiary alicyclic amines) is 1. The van der Waals surface area contributed by atoms with E-state index in [1.54, 1.807) is 24.4 Å². The average Bonchev–Trinajstić information content (AvgIpc) is 2.99. The summed E-state index contributed by atoms with van der Waals surface area (Å²) >= 11 is 13.1. The van der Waals surface area contributed by atoms with E-state index in [0.717, 1.165) is 63.5 Å². The number of benzene rings is 2. The molecule has 1 atom stereocenters. The molecule has 9 nitrogen and oxygen atoms in total. The lowest BCUT2D eigenvalue weighted by Crippen LogP contribution is -2.44. The Hall–Kier alpha value is -3.24. The second-order valence-corrected chi connectivity index (χ2v) is 12.3. The number of hydrogen-bond donors (Lipinski definition) is 1. The minimum absolute atomic E-state index is 0.0855. The molecular weight excluding hydrogens is 571 g/mol. The van der Waals surface area contributed by atoms with Crippen LogP contribution in [0.4, 0.5) is 17.3 Å². The minimum Gasteiger partial charge on any atom is -0.369 e. The molecule has 1 unspecified atom stereocenters. The number of aromatic nitrogens is 4. The molecule has 11 heteroatoms. The summed E-state index contributed by atoms with van der Waals surface area (Å²) in [6.45, 7) is 10.4. The maximum Gasteiger partial charge on any atom is 0.282 e. The van der Waals surface area contributed by atoms with E-state index in [0.29, 0.717) is 38.6 Å². The molecule has 2 fully saturated rings. The fraction of sp³-hybridized carbons (Fsp3) is 0.419. The molecule has 0 aliphatic carbocycles. The van der Waals surface area contributed by atoms with Crippen LogP contribution >= 0.6 is 23.2 Å². The van der Waals surface area contributed by atoms with Gasteiger partial charge >= 0.3 is 0 Å². The zero-order valence-electron chi connectivity index (χ0n) is 24.2. The van der Waals surface area contributed by atoms with Crippen molar-refractivity contribution in [1.29, 1.82) is 0 Å². The lowest BCUT2D eigenvalue weighted by molar-refractivity contribution is 0.166. The van der Waals surface area contributed by atoms with Crippen molar-refractivity contribution >= 4 is 51.4 Å². The van der Waals surface area contributed by atoms with Crippen molar-refractivity contribution in [3.8, 4) is 5.69 Å². The lowest BCUT2D eigenvalue weighted by Gasteiger charge is -2.35. The second kappa shape index (κ2) is 12.2. The molecule has 0 radical (unpaired) electrons. The van der Waals surface area contributed by atoms with E-state index in [2.05, 4.69) is 58.0 Å². The van der Waals surface area contributed by atoms with Crippen LogP contribution in [0.5, 0.6) is 0 Å². The molecule has 0 spiro atoms. The topological polar surface area (TPSA) is 82.4 Å². The Morgan fingerprint density at radius 3 is 2.38 bits per heavy atom. The summed E-state index contributed by atoms with van der Waals surface area (Å²) in [7, 11) is 2.16. The Kier molecular flexibility index (Phi) is 8.36. The van der Waals surface area contributed by atoms with Gasteiger partial charge in [-0.3, -0.25) is 4.79 Å². The third-order valence-electron chi connectivity index (χ3n) is 8.37.